The van der Waals surface area contributed by atoms with Crippen LogP contribution in [-0.2, 0) is 0 Å². The molecule has 2 aromatic rings. The highest BCUT2D eigenvalue weighted by atomic mass is 19.1. The Kier molecular flexibility index (Phi) is 4.10. The van der Waals surface area contributed by atoms with Gasteiger partial charge >= 0.3 is 0 Å². The zero-order valence-electron chi connectivity index (χ0n) is 11.5. The van der Waals surface area contributed by atoms with Gasteiger partial charge < -0.3 is 5.32 Å². The number of hydrogen-bond donors (Lipinski definition) is 1. The number of benzene rings is 1. The van der Waals surface area contributed by atoms with E-state index in [4.69, 9.17) is 0 Å². The quantitative estimate of drug-likeness (QED) is 0.909. The van der Waals surface area contributed by atoms with E-state index in [1.165, 1.54) is 6.07 Å². The monoisotopic (exact) mass is 259 g/mol. The fourth-order valence-corrected chi connectivity index (χ4v) is 1.93. The lowest BCUT2D eigenvalue weighted by molar-refractivity contribution is 0.619. The largest absolute Gasteiger partial charge is 0.370 e. The summed E-state index contributed by atoms with van der Waals surface area (Å²) in [5.74, 6) is 1.25. The van der Waals surface area contributed by atoms with Crippen molar-refractivity contribution in [1.29, 1.82) is 0 Å². The average molecular weight is 259 g/mol. The predicted molar refractivity (Wildman–Crippen MR) is 75.7 cm³/mol. The smallest absolute Gasteiger partial charge is 0.130 e. The standard InChI is InChI=1S/C15H18FN3/c1-4-8-17-15-9-14(18-11(3)19-15)12-6-5-7-13(16)10(12)2/h5-7,9H,4,8H2,1-3H3,(H,17,18,19). The molecule has 0 radical (unpaired) electrons. The summed E-state index contributed by atoms with van der Waals surface area (Å²) in [6, 6.07) is 6.91. The summed E-state index contributed by atoms with van der Waals surface area (Å²) in [7, 11) is 0. The molecular formula is C15H18FN3. The van der Waals surface area contributed by atoms with E-state index in [1.54, 1.807) is 13.0 Å². The van der Waals surface area contributed by atoms with Crippen LogP contribution < -0.4 is 5.32 Å². The fourth-order valence-electron chi connectivity index (χ4n) is 1.93. The van der Waals surface area contributed by atoms with Gasteiger partial charge in [0.1, 0.15) is 17.5 Å². The number of rotatable bonds is 4. The van der Waals surface area contributed by atoms with Crippen molar-refractivity contribution in [2.24, 2.45) is 0 Å². The van der Waals surface area contributed by atoms with E-state index in [-0.39, 0.29) is 5.82 Å². The number of hydrogen-bond acceptors (Lipinski definition) is 3. The predicted octanol–water partition coefficient (Wildman–Crippen LogP) is 3.72. The maximum absolute atomic E-state index is 13.6. The highest BCUT2D eigenvalue weighted by molar-refractivity contribution is 5.66. The molecule has 1 N–H and O–H groups in total. The molecule has 1 aromatic heterocycles. The third kappa shape index (κ3) is 3.08. The van der Waals surface area contributed by atoms with Gasteiger partial charge in [-0.25, -0.2) is 14.4 Å². The molecule has 0 unspecified atom stereocenters. The first-order valence-electron chi connectivity index (χ1n) is 6.47. The van der Waals surface area contributed by atoms with Crippen molar-refractivity contribution >= 4 is 5.82 Å². The molecule has 0 bridgehead atoms. The van der Waals surface area contributed by atoms with Crippen LogP contribution in [0.1, 0.15) is 24.7 Å². The van der Waals surface area contributed by atoms with Gasteiger partial charge in [-0.3, -0.25) is 0 Å². The first-order chi connectivity index (χ1) is 9.11. The SMILES string of the molecule is CCCNc1cc(-c2cccc(F)c2C)nc(C)n1. The van der Waals surface area contributed by atoms with E-state index in [0.717, 1.165) is 30.0 Å². The molecule has 1 aromatic carbocycles. The maximum Gasteiger partial charge on any atom is 0.130 e. The van der Waals surface area contributed by atoms with Crippen LogP contribution in [0.25, 0.3) is 11.3 Å². The van der Waals surface area contributed by atoms with Gasteiger partial charge in [0.25, 0.3) is 0 Å². The minimum Gasteiger partial charge on any atom is -0.370 e. The summed E-state index contributed by atoms with van der Waals surface area (Å²) in [5.41, 5.74) is 2.18. The molecule has 2 rings (SSSR count). The van der Waals surface area contributed by atoms with Crippen LogP contribution in [0.15, 0.2) is 24.3 Å². The number of halogens is 1. The normalized spacial score (nSPS) is 10.5. The molecule has 0 atom stereocenters. The molecule has 0 spiro atoms. The maximum atomic E-state index is 13.6. The molecule has 4 heteroatoms. The van der Waals surface area contributed by atoms with E-state index in [0.29, 0.717) is 11.4 Å². The summed E-state index contributed by atoms with van der Waals surface area (Å²) < 4.78 is 13.6. The second-order valence-corrected chi connectivity index (χ2v) is 4.52. The van der Waals surface area contributed by atoms with Gasteiger partial charge in [0, 0.05) is 18.2 Å². The zero-order chi connectivity index (χ0) is 13.8. The van der Waals surface area contributed by atoms with E-state index >= 15 is 0 Å². The summed E-state index contributed by atoms with van der Waals surface area (Å²) in [6.45, 7) is 6.56. The number of anilines is 1. The van der Waals surface area contributed by atoms with Crippen molar-refractivity contribution in [3.05, 3.63) is 41.5 Å². The van der Waals surface area contributed by atoms with E-state index in [1.807, 2.05) is 19.1 Å². The zero-order valence-corrected chi connectivity index (χ0v) is 11.5. The van der Waals surface area contributed by atoms with Gasteiger partial charge in [0.2, 0.25) is 0 Å². The van der Waals surface area contributed by atoms with Crippen LogP contribution >= 0.6 is 0 Å². The Morgan fingerprint density at radius 1 is 1.21 bits per heavy atom. The first kappa shape index (κ1) is 13.5. The number of aromatic nitrogens is 2. The van der Waals surface area contributed by atoms with Gasteiger partial charge in [-0.1, -0.05) is 19.1 Å². The molecule has 100 valence electrons. The van der Waals surface area contributed by atoms with E-state index < -0.39 is 0 Å². The molecule has 1 heterocycles. The summed E-state index contributed by atoms with van der Waals surface area (Å²) in [4.78, 5) is 8.73. The molecule has 0 aliphatic heterocycles. The number of nitrogens with one attached hydrogen (secondary N) is 1. The molecular weight excluding hydrogens is 241 g/mol. The molecule has 0 fully saturated rings. The van der Waals surface area contributed by atoms with Crippen LogP contribution in [0.5, 0.6) is 0 Å². The van der Waals surface area contributed by atoms with Gasteiger partial charge in [0.05, 0.1) is 5.69 Å². The molecule has 0 saturated carbocycles. The third-order valence-corrected chi connectivity index (χ3v) is 2.94. The van der Waals surface area contributed by atoms with Gasteiger partial charge in [-0.2, -0.15) is 0 Å². The Hall–Kier alpha value is -1.97. The van der Waals surface area contributed by atoms with Crippen LogP contribution in [0, 0.1) is 19.7 Å². The summed E-state index contributed by atoms with van der Waals surface area (Å²) >= 11 is 0. The Morgan fingerprint density at radius 2 is 2.00 bits per heavy atom. The van der Waals surface area contributed by atoms with Gasteiger partial charge in [-0.15, -0.1) is 0 Å². The second-order valence-electron chi connectivity index (χ2n) is 4.52. The Balaban J connectivity index is 2.44. The Labute approximate surface area is 112 Å². The van der Waals surface area contributed by atoms with Gasteiger partial charge in [-0.05, 0) is 31.9 Å². The summed E-state index contributed by atoms with van der Waals surface area (Å²) in [6.07, 6.45) is 1.03. The van der Waals surface area contributed by atoms with Crippen molar-refractivity contribution in [2.75, 3.05) is 11.9 Å². The van der Waals surface area contributed by atoms with Crippen LogP contribution in [0.2, 0.25) is 0 Å². The summed E-state index contributed by atoms with van der Waals surface area (Å²) in [5, 5.41) is 3.23. The molecule has 0 amide bonds. The topological polar surface area (TPSA) is 37.8 Å². The minimum absolute atomic E-state index is 0.211. The fraction of sp³-hybridized carbons (Fsp3) is 0.333. The lowest BCUT2D eigenvalue weighted by Gasteiger charge is -2.10. The highest BCUT2D eigenvalue weighted by Gasteiger charge is 2.09. The van der Waals surface area contributed by atoms with Crippen LogP contribution in [0.4, 0.5) is 10.2 Å². The van der Waals surface area contributed by atoms with E-state index in [9.17, 15) is 4.39 Å². The Bertz CT molecular complexity index is 582. The van der Waals surface area contributed by atoms with Gasteiger partial charge in [0.15, 0.2) is 0 Å². The first-order valence-corrected chi connectivity index (χ1v) is 6.47. The number of nitrogens with zero attached hydrogens (tertiary/aromatic N) is 2. The molecule has 3 nitrogen and oxygen atoms in total. The highest BCUT2D eigenvalue weighted by Crippen LogP contribution is 2.25. The van der Waals surface area contributed by atoms with E-state index in [2.05, 4.69) is 22.2 Å². The average Bonchev–Trinajstić information content (AvgIpc) is 2.39. The lowest BCUT2D eigenvalue weighted by Crippen LogP contribution is -2.04. The lowest BCUT2D eigenvalue weighted by atomic mass is 10.0. The molecule has 19 heavy (non-hydrogen) atoms. The number of aryl methyl sites for hydroxylation is 1. The molecule has 0 aliphatic rings. The van der Waals surface area contributed by atoms with Crippen molar-refractivity contribution in [2.45, 2.75) is 27.2 Å². The van der Waals surface area contributed by atoms with Crippen molar-refractivity contribution in [1.82, 2.24) is 9.97 Å². The molecule has 0 aliphatic carbocycles. The minimum atomic E-state index is -0.211. The second kappa shape index (κ2) is 5.78. The van der Waals surface area contributed by atoms with Crippen LogP contribution in [0.3, 0.4) is 0 Å². The molecule has 0 saturated heterocycles. The van der Waals surface area contributed by atoms with Crippen LogP contribution in [-0.4, -0.2) is 16.5 Å². The Morgan fingerprint density at radius 3 is 2.74 bits per heavy atom. The van der Waals surface area contributed by atoms with Crippen molar-refractivity contribution in [3.8, 4) is 11.3 Å². The third-order valence-electron chi connectivity index (χ3n) is 2.94. The van der Waals surface area contributed by atoms with Crippen molar-refractivity contribution in [3.63, 3.8) is 0 Å². The van der Waals surface area contributed by atoms with Crippen molar-refractivity contribution < 1.29 is 4.39 Å².